The number of nitrogens with zero attached hydrogens (tertiary/aromatic N) is 3. The van der Waals surface area contributed by atoms with Gasteiger partial charge in [-0.05, 0) is 97.2 Å². The summed E-state index contributed by atoms with van der Waals surface area (Å²) in [5, 5.41) is 12.7. The second-order valence-electron chi connectivity index (χ2n) is 10.7. The van der Waals surface area contributed by atoms with Gasteiger partial charge in [0.25, 0.3) is 5.91 Å². The molecule has 0 aliphatic carbocycles. The number of imide groups is 1. The number of aromatic amines is 1. The van der Waals surface area contributed by atoms with Crippen LogP contribution in [0.3, 0.4) is 0 Å². The highest BCUT2D eigenvalue weighted by Gasteiger charge is 2.45. The summed E-state index contributed by atoms with van der Waals surface area (Å²) in [6.45, 7) is 5.38. The fourth-order valence-corrected chi connectivity index (χ4v) is 5.87. The first-order valence-corrected chi connectivity index (χ1v) is 14.5. The highest BCUT2D eigenvalue weighted by atomic mass is 79.9. The normalized spacial score (nSPS) is 14.1. The van der Waals surface area contributed by atoms with Crippen molar-refractivity contribution >= 4 is 38.8 Å². The molecule has 1 aromatic heterocycles. The van der Waals surface area contributed by atoms with Crippen LogP contribution in [-0.2, 0) is 16.6 Å². The van der Waals surface area contributed by atoms with Crippen LogP contribution in [-0.4, -0.2) is 60.5 Å². The third-order valence-corrected chi connectivity index (χ3v) is 8.28. The molecule has 0 unspecified atom stereocenters. The fraction of sp³-hybridized carbons (Fsp3) is 0.312. The van der Waals surface area contributed by atoms with Crippen LogP contribution >= 0.6 is 15.9 Å². The number of carbonyl (C=O) groups is 2. The van der Waals surface area contributed by atoms with Crippen molar-refractivity contribution in [2.45, 2.75) is 32.1 Å². The number of benzene rings is 3. The van der Waals surface area contributed by atoms with E-state index in [1.807, 2.05) is 44.2 Å². The van der Waals surface area contributed by atoms with Crippen molar-refractivity contribution in [3.8, 4) is 29.0 Å². The average molecular weight is 631 g/mol. The summed E-state index contributed by atoms with van der Waals surface area (Å²) >= 11 is 3.60. The number of amides is 2. The van der Waals surface area contributed by atoms with Gasteiger partial charge in [0.2, 0.25) is 5.91 Å². The van der Waals surface area contributed by atoms with Gasteiger partial charge in [0, 0.05) is 16.6 Å². The number of fused-ring (bicyclic) bond motifs is 3. The lowest BCUT2D eigenvalue weighted by atomic mass is 9.76. The van der Waals surface area contributed by atoms with E-state index in [0.29, 0.717) is 69.0 Å². The highest BCUT2D eigenvalue weighted by Crippen LogP contribution is 2.41. The number of carbonyl (C=O) groups excluding carboxylic acids is 2. The molecule has 0 atom stereocenters. The summed E-state index contributed by atoms with van der Waals surface area (Å²) in [7, 11) is 3.23. The second kappa shape index (κ2) is 12.0. The maximum Gasteiger partial charge on any atom is 0.262 e. The van der Waals surface area contributed by atoms with Gasteiger partial charge in [-0.2, -0.15) is 5.26 Å². The van der Waals surface area contributed by atoms with E-state index < -0.39 is 5.41 Å². The van der Waals surface area contributed by atoms with E-state index in [9.17, 15) is 14.9 Å². The van der Waals surface area contributed by atoms with Crippen LogP contribution in [0.4, 0.5) is 0 Å². The third-order valence-electron chi connectivity index (χ3n) is 7.67. The second-order valence-corrected chi connectivity index (χ2v) is 11.6. The van der Waals surface area contributed by atoms with Gasteiger partial charge in [-0.15, -0.1) is 0 Å². The van der Waals surface area contributed by atoms with Gasteiger partial charge in [-0.25, -0.2) is 4.98 Å². The van der Waals surface area contributed by atoms with E-state index in [2.05, 4.69) is 32.3 Å². The van der Waals surface area contributed by atoms with Crippen molar-refractivity contribution in [3.05, 3.63) is 75.3 Å². The van der Waals surface area contributed by atoms with Gasteiger partial charge in [-0.3, -0.25) is 14.5 Å². The van der Waals surface area contributed by atoms with Gasteiger partial charge in [0.1, 0.15) is 11.3 Å². The standard InChI is InChI=1S/C32H32BrN5O4/c1-32(2)22-17-23(33)27-28(37-29(36-27)21-8-5-7-20(15-21)18-34)26(22)30(39)38(31(32)40)14-6-12-35-13-11-19-9-10-24(41-3)25(16-19)42-4/h5,7-10,15-17,35H,6,11-14H2,1-4H3,(H,36,37). The maximum absolute atomic E-state index is 13.9. The van der Waals surface area contributed by atoms with Crippen molar-refractivity contribution in [2.24, 2.45) is 0 Å². The Bertz CT molecular complexity index is 1720. The molecule has 216 valence electrons. The number of hydrogen-bond donors (Lipinski definition) is 2. The van der Waals surface area contributed by atoms with Crippen LogP contribution in [0.5, 0.6) is 11.5 Å². The molecule has 9 nitrogen and oxygen atoms in total. The van der Waals surface area contributed by atoms with E-state index in [0.717, 1.165) is 24.1 Å². The molecule has 0 bridgehead atoms. The lowest BCUT2D eigenvalue weighted by Gasteiger charge is -2.37. The number of nitrogens with one attached hydrogen (secondary N) is 2. The number of H-pyrrole nitrogens is 1. The van der Waals surface area contributed by atoms with Crippen LogP contribution in [0, 0.1) is 11.3 Å². The first-order chi connectivity index (χ1) is 20.2. The number of imidazole rings is 1. The molecule has 4 aromatic rings. The number of methoxy groups -OCH3 is 2. The molecular weight excluding hydrogens is 598 g/mol. The zero-order valence-electron chi connectivity index (χ0n) is 24.0. The lowest BCUT2D eigenvalue weighted by Crippen LogP contribution is -2.52. The molecule has 2 N–H and O–H groups in total. The number of aromatic nitrogens is 2. The fourth-order valence-electron chi connectivity index (χ4n) is 5.36. The molecule has 3 aromatic carbocycles. The van der Waals surface area contributed by atoms with Crippen molar-refractivity contribution in [1.82, 2.24) is 20.2 Å². The zero-order valence-corrected chi connectivity index (χ0v) is 25.6. The topological polar surface area (TPSA) is 120 Å². The van der Waals surface area contributed by atoms with Crippen LogP contribution in [0.2, 0.25) is 0 Å². The Balaban J connectivity index is 1.32. The maximum atomic E-state index is 13.9. The molecule has 5 rings (SSSR count). The molecular formula is C32H32BrN5O4. The molecule has 2 amide bonds. The summed E-state index contributed by atoms with van der Waals surface area (Å²) in [5.41, 5.74) is 3.74. The molecule has 0 saturated carbocycles. The molecule has 1 aliphatic heterocycles. The van der Waals surface area contributed by atoms with Crippen molar-refractivity contribution < 1.29 is 19.1 Å². The minimum atomic E-state index is -0.910. The number of ether oxygens (including phenoxy) is 2. The first kappa shape index (κ1) is 29.3. The third kappa shape index (κ3) is 5.38. The Morgan fingerprint density at radius 2 is 1.86 bits per heavy atom. The minimum Gasteiger partial charge on any atom is -0.493 e. The highest BCUT2D eigenvalue weighted by molar-refractivity contribution is 9.10. The van der Waals surface area contributed by atoms with Crippen LogP contribution in [0.1, 0.15) is 47.3 Å². The van der Waals surface area contributed by atoms with Gasteiger partial charge in [0.15, 0.2) is 11.5 Å². The van der Waals surface area contributed by atoms with E-state index in [1.165, 1.54) is 4.90 Å². The molecule has 2 heterocycles. The molecule has 1 aliphatic rings. The Labute approximate surface area is 253 Å². The van der Waals surface area contributed by atoms with Crippen LogP contribution in [0.15, 0.2) is 53.0 Å². The van der Waals surface area contributed by atoms with Gasteiger partial charge >= 0.3 is 0 Å². The molecule has 42 heavy (non-hydrogen) atoms. The Kier molecular flexibility index (Phi) is 8.34. The van der Waals surface area contributed by atoms with Crippen molar-refractivity contribution in [1.29, 1.82) is 5.26 Å². The smallest absolute Gasteiger partial charge is 0.262 e. The van der Waals surface area contributed by atoms with E-state index >= 15 is 0 Å². The summed E-state index contributed by atoms with van der Waals surface area (Å²) in [5.74, 6) is 1.38. The number of halogens is 1. The Morgan fingerprint density at radius 3 is 2.60 bits per heavy atom. The van der Waals surface area contributed by atoms with Crippen LogP contribution < -0.4 is 14.8 Å². The van der Waals surface area contributed by atoms with Gasteiger partial charge in [-0.1, -0.05) is 18.2 Å². The van der Waals surface area contributed by atoms with E-state index in [1.54, 1.807) is 32.4 Å². The van der Waals surface area contributed by atoms with Crippen molar-refractivity contribution in [3.63, 3.8) is 0 Å². The SMILES string of the molecule is COc1ccc(CCNCCCN2C(=O)c3c(cc(Br)c4nc(-c5cccc(C#N)c5)[nH]c34)C(C)(C)C2=O)cc1OC. The zero-order chi connectivity index (χ0) is 30.0. The summed E-state index contributed by atoms with van der Waals surface area (Å²) in [4.78, 5) is 36.9. The molecule has 0 radical (unpaired) electrons. The van der Waals surface area contributed by atoms with E-state index in [-0.39, 0.29) is 11.8 Å². The number of nitriles is 1. The number of rotatable bonds is 10. The van der Waals surface area contributed by atoms with E-state index in [4.69, 9.17) is 14.5 Å². The molecule has 10 heteroatoms. The predicted octanol–water partition coefficient (Wildman–Crippen LogP) is 5.36. The van der Waals surface area contributed by atoms with Gasteiger partial charge in [0.05, 0.1) is 42.3 Å². The number of hydrogen-bond acceptors (Lipinski definition) is 7. The monoisotopic (exact) mass is 629 g/mol. The molecule has 0 spiro atoms. The minimum absolute atomic E-state index is 0.224. The Morgan fingerprint density at radius 1 is 1.07 bits per heavy atom. The molecule has 0 fully saturated rings. The van der Waals surface area contributed by atoms with Gasteiger partial charge < -0.3 is 19.8 Å². The van der Waals surface area contributed by atoms with Crippen LogP contribution in [0.25, 0.3) is 22.4 Å². The quantitative estimate of drug-likeness (QED) is 0.179. The summed E-state index contributed by atoms with van der Waals surface area (Å²) in [6.07, 6.45) is 1.41. The Hall–Kier alpha value is -4.20. The summed E-state index contributed by atoms with van der Waals surface area (Å²) in [6, 6.07) is 17.0. The van der Waals surface area contributed by atoms with Crippen molar-refractivity contribution in [2.75, 3.05) is 33.9 Å². The first-order valence-electron chi connectivity index (χ1n) is 13.7. The largest absolute Gasteiger partial charge is 0.493 e. The predicted molar refractivity (Wildman–Crippen MR) is 164 cm³/mol. The summed E-state index contributed by atoms with van der Waals surface area (Å²) < 4.78 is 11.4. The average Bonchev–Trinajstić information content (AvgIpc) is 3.45. The lowest BCUT2D eigenvalue weighted by molar-refractivity contribution is -0.134. The molecule has 0 saturated heterocycles.